The van der Waals surface area contributed by atoms with E-state index in [2.05, 4.69) is 25.5 Å². The van der Waals surface area contributed by atoms with Gasteiger partial charge in [-0.25, -0.2) is 4.98 Å². The van der Waals surface area contributed by atoms with E-state index < -0.39 is 0 Å². The van der Waals surface area contributed by atoms with Crippen molar-refractivity contribution in [2.75, 3.05) is 28.6 Å². The zero-order valence-corrected chi connectivity index (χ0v) is 18.1. The number of nitrogens with zero attached hydrogens (tertiary/aromatic N) is 3. The molecule has 1 fully saturated rings. The Morgan fingerprint density at radius 2 is 1.74 bits per heavy atom. The second-order valence-electron chi connectivity index (χ2n) is 7.43. The number of halogens is 1. The van der Waals surface area contributed by atoms with Gasteiger partial charge in [0.15, 0.2) is 0 Å². The first-order valence-electron chi connectivity index (χ1n) is 10.3. The molecule has 1 aliphatic rings. The molecule has 0 atom stereocenters. The minimum Gasteiger partial charge on any atom is -0.356 e. The highest BCUT2D eigenvalue weighted by Gasteiger charge is 2.15. The van der Waals surface area contributed by atoms with Crippen molar-refractivity contribution in [1.82, 2.24) is 9.97 Å². The van der Waals surface area contributed by atoms with Crippen LogP contribution in [0.15, 0.2) is 60.7 Å². The van der Waals surface area contributed by atoms with Crippen molar-refractivity contribution in [3.8, 4) is 0 Å². The summed E-state index contributed by atoms with van der Waals surface area (Å²) in [7, 11) is 0. The summed E-state index contributed by atoms with van der Waals surface area (Å²) in [4.78, 5) is 23.6. The second-order valence-corrected chi connectivity index (χ2v) is 7.84. The number of aromatic nitrogens is 2. The summed E-state index contributed by atoms with van der Waals surface area (Å²) in [5.74, 6) is 1.31. The second kappa shape index (κ2) is 9.62. The third kappa shape index (κ3) is 5.61. The monoisotopic (exact) mass is 433 g/mol. The number of amides is 1. The maximum Gasteiger partial charge on any atom is 0.248 e. The van der Waals surface area contributed by atoms with Crippen molar-refractivity contribution in [2.45, 2.75) is 19.8 Å². The first-order valence-corrected chi connectivity index (χ1v) is 10.7. The Kier molecular flexibility index (Phi) is 6.48. The Bertz CT molecular complexity index is 1090. The molecular formula is C24H24ClN5O. The van der Waals surface area contributed by atoms with E-state index >= 15 is 0 Å². The van der Waals surface area contributed by atoms with Gasteiger partial charge in [0.25, 0.3) is 0 Å². The summed E-state index contributed by atoms with van der Waals surface area (Å²) in [5.41, 5.74) is 3.27. The lowest BCUT2D eigenvalue weighted by atomic mass is 10.2. The molecule has 0 radical (unpaired) electrons. The summed E-state index contributed by atoms with van der Waals surface area (Å²) >= 11 is 6.11. The molecule has 1 aliphatic heterocycles. The average Bonchev–Trinajstić information content (AvgIpc) is 3.29. The van der Waals surface area contributed by atoms with Crippen LogP contribution in [0.3, 0.4) is 0 Å². The van der Waals surface area contributed by atoms with Gasteiger partial charge < -0.3 is 15.5 Å². The molecule has 0 saturated carbocycles. The largest absolute Gasteiger partial charge is 0.356 e. The van der Waals surface area contributed by atoms with Gasteiger partial charge in [-0.2, -0.15) is 4.98 Å². The molecule has 0 bridgehead atoms. The molecule has 158 valence electrons. The third-order valence-electron chi connectivity index (χ3n) is 5.00. The fourth-order valence-electron chi connectivity index (χ4n) is 3.44. The number of nitrogens with one attached hydrogen (secondary N) is 2. The van der Waals surface area contributed by atoms with E-state index in [1.165, 1.54) is 18.9 Å². The van der Waals surface area contributed by atoms with E-state index in [1.54, 1.807) is 12.1 Å². The van der Waals surface area contributed by atoms with Gasteiger partial charge in [-0.15, -0.1) is 0 Å². The maximum absolute atomic E-state index is 12.2. The number of carbonyl (C=O) groups excluding carboxylic acids is 1. The van der Waals surface area contributed by atoms with Gasteiger partial charge in [0, 0.05) is 47.3 Å². The van der Waals surface area contributed by atoms with E-state index in [9.17, 15) is 4.79 Å². The van der Waals surface area contributed by atoms with Crippen LogP contribution in [0, 0.1) is 6.92 Å². The van der Waals surface area contributed by atoms with Crippen LogP contribution < -0.4 is 15.5 Å². The molecule has 3 aromatic rings. The van der Waals surface area contributed by atoms with Gasteiger partial charge in [0.05, 0.1) is 0 Å². The lowest BCUT2D eigenvalue weighted by Gasteiger charge is -2.17. The summed E-state index contributed by atoms with van der Waals surface area (Å²) in [6.45, 7) is 4.05. The molecule has 7 heteroatoms. The Balaban J connectivity index is 1.38. The zero-order chi connectivity index (χ0) is 21.6. The lowest BCUT2D eigenvalue weighted by molar-refractivity contribution is -0.111. The van der Waals surface area contributed by atoms with Crippen molar-refractivity contribution in [3.05, 3.63) is 77.0 Å². The molecule has 0 aliphatic carbocycles. The number of hydrogen-bond acceptors (Lipinski definition) is 5. The number of benzene rings is 2. The highest BCUT2D eigenvalue weighted by molar-refractivity contribution is 6.32. The standard InChI is InChI=1S/C24H24ClN5O/c1-17-16-22(30-14-4-5-15-30)29-24(26-17)28-20-11-9-19(10-12-20)27-23(31)13-8-18-6-2-3-7-21(18)25/h2-3,6-13,16H,4-5,14-15H2,1H3,(H,27,31)(H,26,28,29)/b13-8+. The minimum atomic E-state index is -0.224. The van der Waals surface area contributed by atoms with E-state index in [1.807, 2.05) is 55.5 Å². The molecular weight excluding hydrogens is 410 g/mol. The topological polar surface area (TPSA) is 70.2 Å². The molecule has 2 N–H and O–H groups in total. The molecule has 1 aromatic heterocycles. The van der Waals surface area contributed by atoms with E-state index in [4.69, 9.17) is 11.6 Å². The van der Waals surface area contributed by atoms with Crippen LogP contribution in [0.2, 0.25) is 5.02 Å². The van der Waals surface area contributed by atoms with Gasteiger partial charge in [0.2, 0.25) is 11.9 Å². The molecule has 4 rings (SSSR count). The summed E-state index contributed by atoms with van der Waals surface area (Å²) in [6, 6.07) is 16.8. The Morgan fingerprint density at radius 3 is 2.48 bits per heavy atom. The predicted octanol–water partition coefficient (Wildman–Crippen LogP) is 5.43. The number of anilines is 4. The quantitative estimate of drug-likeness (QED) is 0.507. The fourth-order valence-corrected chi connectivity index (χ4v) is 3.64. The first-order chi connectivity index (χ1) is 15.1. The number of carbonyl (C=O) groups is 1. The number of aryl methyl sites for hydroxylation is 1. The minimum absolute atomic E-state index is 0.224. The SMILES string of the molecule is Cc1cc(N2CCCC2)nc(Nc2ccc(NC(=O)/C=C/c3ccccc3Cl)cc2)n1. The molecule has 1 amide bonds. The van der Waals surface area contributed by atoms with E-state index in [-0.39, 0.29) is 5.91 Å². The van der Waals surface area contributed by atoms with Crippen LogP contribution in [-0.2, 0) is 4.79 Å². The molecule has 0 unspecified atom stereocenters. The summed E-state index contributed by atoms with van der Waals surface area (Å²) < 4.78 is 0. The van der Waals surface area contributed by atoms with Crippen LogP contribution >= 0.6 is 11.6 Å². The zero-order valence-electron chi connectivity index (χ0n) is 17.3. The van der Waals surface area contributed by atoms with Crippen molar-refractivity contribution in [1.29, 1.82) is 0 Å². The molecule has 2 heterocycles. The summed E-state index contributed by atoms with van der Waals surface area (Å²) in [5, 5.41) is 6.70. The van der Waals surface area contributed by atoms with Crippen molar-refractivity contribution >= 4 is 46.7 Å². The number of hydrogen-bond donors (Lipinski definition) is 2. The van der Waals surface area contributed by atoms with Gasteiger partial charge in [-0.1, -0.05) is 29.8 Å². The predicted molar refractivity (Wildman–Crippen MR) is 127 cm³/mol. The first kappa shape index (κ1) is 20.9. The highest BCUT2D eigenvalue weighted by Crippen LogP contribution is 2.22. The molecule has 0 spiro atoms. The van der Waals surface area contributed by atoms with Crippen molar-refractivity contribution < 1.29 is 4.79 Å². The molecule has 6 nitrogen and oxygen atoms in total. The van der Waals surface area contributed by atoms with E-state index in [0.717, 1.165) is 35.9 Å². The van der Waals surface area contributed by atoms with Gasteiger partial charge >= 0.3 is 0 Å². The van der Waals surface area contributed by atoms with Crippen molar-refractivity contribution in [2.24, 2.45) is 0 Å². The van der Waals surface area contributed by atoms with E-state index in [0.29, 0.717) is 16.7 Å². The highest BCUT2D eigenvalue weighted by atomic mass is 35.5. The molecule has 1 saturated heterocycles. The van der Waals surface area contributed by atoms with Gasteiger partial charge in [0.1, 0.15) is 5.82 Å². The van der Waals surface area contributed by atoms with Crippen LogP contribution in [0.25, 0.3) is 6.08 Å². The Hall–Kier alpha value is -3.38. The Labute approximate surface area is 187 Å². The molecule has 2 aromatic carbocycles. The van der Waals surface area contributed by atoms with Gasteiger partial charge in [-0.05, 0) is 61.7 Å². The molecule has 31 heavy (non-hydrogen) atoms. The van der Waals surface area contributed by atoms with Gasteiger partial charge in [-0.3, -0.25) is 4.79 Å². The van der Waals surface area contributed by atoms with Crippen LogP contribution in [0.5, 0.6) is 0 Å². The summed E-state index contributed by atoms with van der Waals surface area (Å²) in [6.07, 6.45) is 5.56. The third-order valence-corrected chi connectivity index (χ3v) is 5.34. The lowest BCUT2D eigenvalue weighted by Crippen LogP contribution is -2.19. The van der Waals surface area contributed by atoms with Crippen LogP contribution in [0.4, 0.5) is 23.1 Å². The van der Waals surface area contributed by atoms with Crippen LogP contribution in [0.1, 0.15) is 24.1 Å². The average molecular weight is 434 g/mol. The maximum atomic E-state index is 12.2. The number of rotatable bonds is 6. The normalized spacial score (nSPS) is 13.5. The smallest absolute Gasteiger partial charge is 0.248 e. The fraction of sp³-hybridized carbons (Fsp3) is 0.208. The van der Waals surface area contributed by atoms with Crippen molar-refractivity contribution in [3.63, 3.8) is 0 Å². The Morgan fingerprint density at radius 1 is 1.03 bits per heavy atom. The van der Waals surface area contributed by atoms with Crippen LogP contribution in [-0.4, -0.2) is 29.0 Å².